The molecule has 0 bridgehead atoms. The third kappa shape index (κ3) is 4.31. The minimum Gasteiger partial charge on any atom is -0.370 e. The van der Waals surface area contributed by atoms with Crippen molar-refractivity contribution < 1.29 is 4.52 Å². The number of aryl methyl sites for hydroxylation is 1. The summed E-state index contributed by atoms with van der Waals surface area (Å²) in [6, 6.07) is 8.08. The van der Waals surface area contributed by atoms with E-state index in [2.05, 4.69) is 39.5 Å². The first-order valence-corrected chi connectivity index (χ1v) is 7.37. The largest absolute Gasteiger partial charge is 0.370 e. The van der Waals surface area contributed by atoms with E-state index in [1.165, 1.54) is 5.56 Å². The molecular formula is C16H23N5O. The van der Waals surface area contributed by atoms with Gasteiger partial charge in [-0.25, -0.2) is 4.99 Å². The third-order valence-corrected chi connectivity index (χ3v) is 3.14. The molecule has 0 atom stereocenters. The van der Waals surface area contributed by atoms with E-state index in [-0.39, 0.29) is 12.0 Å². The fourth-order valence-electron chi connectivity index (χ4n) is 1.79. The van der Waals surface area contributed by atoms with E-state index in [1.807, 2.05) is 32.9 Å². The van der Waals surface area contributed by atoms with Crippen LogP contribution < -0.4 is 11.1 Å². The van der Waals surface area contributed by atoms with Crippen LogP contribution in [0.3, 0.4) is 0 Å². The van der Waals surface area contributed by atoms with Crippen molar-refractivity contribution in [1.82, 2.24) is 10.1 Å². The van der Waals surface area contributed by atoms with Crippen LogP contribution in [0.15, 0.2) is 33.8 Å². The maximum Gasteiger partial charge on any atom is 0.232 e. The Kier molecular flexibility index (Phi) is 4.80. The molecule has 6 nitrogen and oxygen atoms in total. The first-order valence-electron chi connectivity index (χ1n) is 7.37. The van der Waals surface area contributed by atoms with Crippen molar-refractivity contribution in [3.8, 4) is 0 Å². The van der Waals surface area contributed by atoms with Gasteiger partial charge >= 0.3 is 0 Å². The van der Waals surface area contributed by atoms with Gasteiger partial charge in [0.15, 0.2) is 11.8 Å². The normalized spacial score (nSPS) is 12.5. The zero-order valence-corrected chi connectivity index (χ0v) is 13.6. The highest BCUT2D eigenvalue weighted by molar-refractivity contribution is 5.92. The highest BCUT2D eigenvalue weighted by Crippen LogP contribution is 2.19. The van der Waals surface area contributed by atoms with Crippen LogP contribution in [0, 0.1) is 0 Å². The molecule has 0 fully saturated rings. The number of aliphatic imine (C=N–C) groups is 1. The number of benzene rings is 1. The molecule has 1 heterocycles. The molecule has 0 aliphatic heterocycles. The van der Waals surface area contributed by atoms with E-state index in [1.54, 1.807) is 0 Å². The Morgan fingerprint density at radius 3 is 2.50 bits per heavy atom. The highest BCUT2D eigenvalue weighted by atomic mass is 16.5. The van der Waals surface area contributed by atoms with Gasteiger partial charge in [0, 0.05) is 11.1 Å². The second-order valence-corrected chi connectivity index (χ2v) is 6.14. The van der Waals surface area contributed by atoms with Crippen LogP contribution in [0.2, 0.25) is 0 Å². The monoisotopic (exact) mass is 301 g/mol. The molecule has 1 aromatic heterocycles. The standard InChI is InChI=1S/C16H23N5O/c1-5-11-6-8-12(9-7-11)19-15(17)18-10-13-20-14(22-21-13)16(2,3)4/h6-9H,5,10H2,1-4H3,(H3,17,18,19). The minimum absolute atomic E-state index is 0.167. The van der Waals surface area contributed by atoms with Crippen molar-refractivity contribution in [2.75, 3.05) is 5.32 Å². The van der Waals surface area contributed by atoms with Gasteiger partial charge in [-0.2, -0.15) is 4.98 Å². The number of rotatable bonds is 4. The summed E-state index contributed by atoms with van der Waals surface area (Å²) in [5.74, 6) is 1.45. The molecule has 0 spiro atoms. The summed E-state index contributed by atoms with van der Waals surface area (Å²) in [5.41, 5.74) is 7.89. The minimum atomic E-state index is -0.167. The van der Waals surface area contributed by atoms with Gasteiger partial charge in [0.1, 0.15) is 6.54 Å². The van der Waals surface area contributed by atoms with Crippen molar-refractivity contribution in [1.29, 1.82) is 0 Å². The molecule has 22 heavy (non-hydrogen) atoms. The number of nitrogens with two attached hydrogens (primary N) is 1. The second kappa shape index (κ2) is 6.60. The Bertz CT molecular complexity index is 637. The molecule has 0 unspecified atom stereocenters. The average Bonchev–Trinajstić information content (AvgIpc) is 2.95. The molecular weight excluding hydrogens is 278 g/mol. The number of anilines is 1. The SMILES string of the molecule is CCc1ccc(NC(N)=NCc2noc(C(C)(C)C)n2)cc1. The number of nitrogens with zero attached hydrogens (tertiary/aromatic N) is 3. The summed E-state index contributed by atoms with van der Waals surface area (Å²) in [7, 11) is 0. The lowest BCUT2D eigenvalue weighted by Gasteiger charge is -2.10. The topological polar surface area (TPSA) is 89.3 Å². The highest BCUT2D eigenvalue weighted by Gasteiger charge is 2.21. The van der Waals surface area contributed by atoms with Crippen molar-refractivity contribution >= 4 is 11.6 Å². The zero-order valence-electron chi connectivity index (χ0n) is 13.6. The summed E-state index contributed by atoms with van der Waals surface area (Å²) in [5, 5.41) is 6.95. The number of aromatic nitrogens is 2. The molecule has 0 saturated carbocycles. The second-order valence-electron chi connectivity index (χ2n) is 6.14. The van der Waals surface area contributed by atoms with Gasteiger partial charge < -0.3 is 15.6 Å². The molecule has 0 saturated heterocycles. The smallest absolute Gasteiger partial charge is 0.232 e. The number of nitrogens with one attached hydrogen (secondary N) is 1. The summed E-state index contributed by atoms with van der Waals surface area (Å²) in [4.78, 5) is 8.54. The zero-order chi connectivity index (χ0) is 16.2. The van der Waals surface area contributed by atoms with Crippen LogP contribution in [-0.2, 0) is 18.4 Å². The first kappa shape index (κ1) is 16.0. The van der Waals surface area contributed by atoms with E-state index in [9.17, 15) is 0 Å². The van der Waals surface area contributed by atoms with Gasteiger partial charge in [-0.1, -0.05) is 45.0 Å². The molecule has 2 rings (SSSR count). The van der Waals surface area contributed by atoms with Crippen LogP contribution in [0.5, 0.6) is 0 Å². The van der Waals surface area contributed by atoms with Gasteiger partial charge in [-0.05, 0) is 24.1 Å². The van der Waals surface area contributed by atoms with Crippen molar-refractivity contribution in [3.05, 3.63) is 41.5 Å². The average molecular weight is 301 g/mol. The quantitative estimate of drug-likeness (QED) is 0.669. The van der Waals surface area contributed by atoms with Crippen LogP contribution in [-0.4, -0.2) is 16.1 Å². The predicted octanol–water partition coefficient (Wildman–Crippen LogP) is 2.86. The van der Waals surface area contributed by atoms with E-state index >= 15 is 0 Å². The Hall–Kier alpha value is -2.37. The molecule has 2 aromatic rings. The Labute approximate surface area is 130 Å². The van der Waals surface area contributed by atoms with Crippen molar-refractivity contribution in [3.63, 3.8) is 0 Å². The predicted molar refractivity (Wildman–Crippen MR) is 87.8 cm³/mol. The summed E-state index contributed by atoms with van der Waals surface area (Å²) >= 11 is 0. The molecule has 0 aliphatic carbocycles. The van der Waals surface area contributed by atoms with E-state index in [0.717, 1.165) is 12.1 Å². The lowest BCUT2D eigenvalue weighted by molar-refractivity contribution is 0.318. The molecule has 3 N–H and O–H groups in total. The molecule has 0 radical (unpaired) electrons. The van der Waals surface area contributed by atoms with Crippen LogP contribution in [0.4, 0.5) is 5.69 Å². The Morgan fingerprint density at radius 1 is 1.27 bits per heavy atom. The molecule has 6 heteroatoms. The maximum absolute atomic E-state index is 5.87. The maximum atomic E-state index is 5.87. The molecule has 0 amide bonds. The van der Waals surface area contributed by atoms with E-state index in [0.29, 0.717) is 17.7 Å². The van der Waals surface area contributed by atoms with E-state index in [4.69, 9.17) is 10.3 Å². The fourth-order valence-corrected chi connectivity index (χ4v) is 1.79. The fraction of sp³-hybridized carbons (Fsp3) is 0.438. The van der Waals surface area contributed by atoms with Gasteiger partial charge in [-0.3, -0.25) is 0 Å². The number of guanidine groups is 1. The summed E-state index contributed by atoms with van der Waals surface area (Å²) < 4.78 is 5.21. The molecule has 118 valence electrons. The molecule has 1 aromatic carbocycles. The van der Waals surface area contributed by atoms with Gasteiger partial charge in [0.2, 0.25) is 5.89 Å². The van der Waals surface area contributed by atoms with Crippen LogP contribution in [0.25, 0.3) is 0 Å². The first-order chi connectivity index (χ1) is 10.4. The number of hydrogen-bond donors (Lipinski definition) is 2. The third-order valence-electron chi connectivity index (χ3n) is 3.14. The van der Waals surface area contributed by atoms with Crippen molar-refractivity contribution in [2.24, 2.45) is 10.7 Å². The van der Waals surface area contributed by atoms with Crippen LogP contribution in [0.1, 0.15) is 45.0 Å². The van der Waals surface area contributed by atoms with Gasteiger partial charge in [0.05, 0.1) is 0 Å². The van der Waals surface area contributed by atoms with Gasteiger partial charge in [-0.15, -0.1) is 0 Å². The van der Waals surface area contributed by atoms with Crippen molar-refractivity contribution in [2.45, 2.75) is 46.1 Å². The lowest BCUT2D eigenvalue weighted by Crippen LogP contribution is -2.22. The Balaban J connectivity index is 1.95. The van der Waals surface area contributed by atoms with Crippen LogP contribution >= 0.6 is 0 Å². The summed E-state index contributed by atoms with van der Waals surface area (Å²) in [6.45, 7) is 8.46. The number of hydrogen-bond acceptors (Lipinski definition) is 4. The van der Waals surface area contributed by atoms with E-state index < -0.39 is 0 Å². The molecule has 0 aliphatic rings. The summed E-state index contributed by atoms with van der Waals surface area (Å²) in [6.07, 6.45) is 1.01. The Morgan fingerprint density at radius 2 is 1.95 bits per heavy atom. The van der Waals surface area contributed by atoms with Gasteiger partial charge in [0.25, 0.3) is 0 Å². The lowest BCUT2D eigenvalue weighted by atomic mass is 9.97.